The third kappa shape index (κ3) is 4.37. The zero-order valence-electron chi connectivity index (χ0n) is 8.19. The van der Waals surface area contributed by atoms with Gasteiger partial charge in [-0.05, 0) is 6.42 Å². The van der Waals surface area contributed by atoms with Crippen LogP contribution in [-0.2, 0) is 11.2 Å². The van der Waals surface area contributed by atoms with Gasteiger partial charge in [0, 0.05) is 13.0 Å². The molecule has 0 saturated carbocycles. The average Bonchev–Trinajstić information content (AvgIpc) is 2.23. The molecule has 0 saturated heterocycles. The molecule has 0 spiro atoms. The molecule has 84 valence electrons. The number of nitrogen functional groups attached to an aromatic ring is 1. The Balaban J connectivity index is 2.28. The third-order valence-corrected chi connectivity index (χ3v) is 1.91. The summed E-state index contributed by atoms with van der Waals surface area (Å²) in [5.41, 5.74) is 5.46. The number of aryl methyl sites for hydroxylation is 1. The Kier molecular flexibility index (Phi) is 5.23. The van der Waals surface area contributed by atoms with Crippen LogP contribution in [0.2, 0.25) is 5.15 Å². The van der Waals surface area contributed by atoms with Crippen LogP contribution in [0.25, 0.3) is 0 Å². The first-order valence-electron chi connectivity index (χ1n) is 4.57. The first-order chi connectivity index (χ1) is 7.24. The number of rotatable bonds is 6. The summed E-state index contributed by atoms with van der Waals surface area (Å²) in [7, 11) is 0. The molecule has 0 aromatic carbocycles. The summed E-state index contributed by atoms with van der Waals surface area (Å²) < 4.78 is 5.08. The minimum Gasteiger partial charge on any atom is -0.394 e. The van der Waals surface area contributed by atoms with Crippen molar-refractivity contribution in [3.63, 3.8) is 0 Å². The van der Waals surface area contributed by atoms with E-state index in [1.165, 1.54) is 0 Å². The van der Waals surface area contributed by atoms with Crippen LogP contribution in [-0.4, -0.2) is 40.1 Å². The lowest BCUT2D eigenvalue weighted by Gasteiger charge is -2.02. The molecule has 1 rings (SSSR count). The van der Waals surface area contributed by atoms with E-state index in [2.05, 4.69) is 15.2 Å². The fourth-order valence-corrected chi connectivity index (χ4v) is 1.05. The largest absolute Gasteiger partial charge is 0.394 e. The van der Waals surface area contributed by atoms with E-state index in [4.69, 9.17) is 27.2 Å². The van der Waals surface area contributed by atoms with Gasteiger partial charge in [-0.1, -0.05) is 11.6 Å². The Morgan fingerprint density at radius 1 is 1.33 bits per heavy atom. The smallest absolute Gasteiger partial charge is 0.193 e. The van der Waals surface area contributed by atoms with Gasteiger partial charge >= 0.3 is 0 Å². The van der Waals surface area contributed by atoms with Crippen molar-refractivity contribution in [3.05, 3.63) is 11.0 Å². The van der Waals surface area contributed by atoms with E-state index in [0.29, 0.717) is 25.5 Å². The number of nitrogens with zero attached hydrogens (tertiary/aromatic N) is 3. The van der Waals surface area contributed by atoms with Gasteiger partial charge in [-0.3, -0.25) is 0 Å². The van der Waals surface area contributed by atoms with Crippen molar-refractivity contribution in [2.45, 2.75) is 12.8 Å². The first-order valence-corrected chi connectivity index (χ1v) is 4.95. The second-order valence-electron chi connectivity index (χ2n) is 2.84. The van der Waals surface area contributed by atoms with Gasteiger partial charge in [-0.2, -0.15) is 0 Å². The number of aliphatic hydroxyl groups excluding tert-OH is 1. The normalized spacial score (nSPS) is 10.5. The highest BCUT2D eigenvalue weighted by molar-refractivity contribution is 6.31. The van der Waals surface area contributed by atoms with Gasteiger partial charge in [0.1, 0.15) is 0 Å². The van der Waals surface area contributed by atoms with Gasteiger partial charge in [0.25, 0.3) is 0 Å². The number of halogens is 1. The Bertz CT molecular complexity index is 311. The number of aliphatic hydroxyl groups is 1. The van der Waals surface area contributed by atoms with Crippen LogP contribution in [0.1, 0.15) is 12.2 Å². The Hall–Kier alpha value is -0.980. The van der Waals surface area contributed by atoms with Crippen molar-refractivity contribution >= 4 is 17.4 Å². The highest BCUT2D eigenvalue weighted by atomic mass is 35.5. The molecule has 0 bridgehead atoms. The number of ether oxygens (including phenoxy) is 1. The van der Waals surface area contributed by atoms with Crippen molar-refractivity contribution in [2.24, 2.45) is 0 Å². The molecule has 0 unspecified atom stereocenters. The molecule has 7 heteroatoms. The van der Waals surface area contributed by atoms with E-state index in [1.807, 2.05) is 0 Å². The minimum absolute atomic E-state index is 0.0337. The van der Waals surface area contributed by atoms with Crippen LogP contribution in [0.5, 0.6) is 0 Å². The van der Waals surface area contributed by atoms with Crippen LogP contribution in [0, 0.1) is 0 Å². The summed E-state index contributed by atoms with van der Waals surface area (Å²) in [6.07, 6.45) is 1.38. The molecule has 0 aliphatic rings. The summed E-state index contributed by atoms with van der Waals surface area (Å²) >= 11 is 5.57. The van der Waals surface area contributed by atoms with Crippen LogP contribution in [0.15, 0.2) is 0 Å². The molecule has 0 fully saturated rings. The minimum atomic E-state index is 0.0337. The second kappa shape index (κ2) is 6.49. The monoisotopic (exact) mass is 232 g/mol. The SMILES string of the molecule is Nc1nc(CCCOCCO)nnc1Cl. The quantitative estimate of drug-likeness (QED) is 0.673. The lowest BCUT2D eigenvalue weighted by Crippen LogP contribution is -2.06. The fourth-order valence-electron chi connectivity index (χ4n) is 0.965. The van der Waals surface area contributed by atoms with Gasteiger partial charge in [0.15, 0.2) is 16.8 Å². The highest BCUT2D eigenvalue weighted by Gasteiger charge is 2.03. The molecule has 0 aliphatic carbocycles. The van der Waals surface area contributed by atoms with Gasteiger partial charge < -0.3 is 15.6 Å². The van der Waals surface area contributed by atoms with Crippen LogP contribution in [0.3, 0.4) is 0 Å². The molecule has 3 N–H and O–H groups in total. The molecule has 1 aromatic rings. The summed E-state index contributed by atoms with van der Waals surface area (Å²) in [5, 5.41) is 16.0. The van der Waals surface area contributed by atoms with Gasteiger partial charge in [0.2, 0.25) is 0 Å². The maximum atomic E-state index is 8.46. The average molecular weight is 233 g/mol. The maximum absolute atomic E-state index is 8.46. The molecule has 6 nitrogen and oxygen atoms in total. The number of aromatic nitrogens is 3. The van der Waals surface area contributed by atoms with Crippen LogP contribution in [0.4, 0.5) is 5.82 Å². The van der Waals surface area contributed by atoms with Crippen molar-refractivity contribution in [2.75, 3.05) is 25.6 Å². The number of hydrogen-bond donors (Lipinski definition) is 2. The summed E-state index contributed by atoms with van der Waals surface area (Å²) in [4.78, 5) is 3.96. The molecule has 0 atom stereocenters. The maximum Gasteiger partial charge on any atom is 0.193 e. The van der Waals surface area contributed by atoms with E-state index >= 15 is 0 Å². The van der Waals surface area contributed by atoms with Crippen molar-refractivity contribution < 1.29 is 9.84 Å². The standard InChI is InChI=1S/C8H13ClN4O2/c9-7-8(10)11-6(12-13-7)2-1-4-15-5-3-14/h14H,1-5H2,(H2,10,11,12). The molecule has 0 radical (unpaired) electrons. The first kappa shape index (κ1) is 12.1. The lowest BCUT2D eigenvalue weighted by atomic mass is 10.3. The molecule has 1 aromatic heterocycles. The zero-order chi connectivity index (χ0) is 11.1. The topological polar surface area (TPSA) is 94.2 Å². The Morgan fingerprint density at radius 3 is 2.80 bits per heavy atom. The van der Waals surface area contributed by atoms with Gasteiger partial charge in [0.05, 0.1) is 13.2 Å². The molecular formula is C8H13ClN4O2. The molecule has 15 heavy (non-hydrogen) atoms. The van der Waals surface area contributed by atoms with E-state index < -0.39 is 0 Å². The Labute approximate surface area is 92.4 Å². The Morgan fingerprint density at radius 2 is 2.13 bits per heavy atom. The zero-order valence-corrected chi connectivity index (χ0v) is 8.94. The van der Waals surface area contributed by atoms with Gasteiger partial charge in [-0.25, -0.2) is 4.98 Å². The number of anilines is 1. The highest BCUT2D eigenvalue weighted by Crippen LogP contribution is 2.10. The molecular weight excluding hydrogens is 220 g/mol. The van der Waals surface area contributed by atoms with E-state index in [0.717, 1.165) is 6.42 Å². The van der Waals surface area contributed by atoms with Crippen molar-refractivity contribution in [3.8, 4) is 0 Å². The summed E-state index contributed by atoms with van der Waals surface area (Å²) in [5.74, 6) is 0.738. The fraction of sp³-hybridized carbons (Fsp3) is 0.625. The summed E-state index contributed by atoms with van der Waals surface area (Å²) in [6.45, 7) is 0.931. The third-order valence-electron chi connectivity index (χ3n) is 1.64. The van der Waals surface area contributed by atoms with Crippen LogP contribution >= 0.6 is 11.6 Å². The number of hydrogen-bond acceptors (Lipinski definition) is 6. The lowest BCUT2D eigenvalue weighted by molar-refractivity contribution is 0.0906. The molecule has 0 amide bonds. The van der Waals surface area contributed by atoms with Crippen molar-refractivity contribution in [1.29, 1.82) is 0 Å². The summed E-state index contributed by atoms with van der Waals surface area (Å²) in [6, 6.07) is 0. The number of nitrogens with two attached hydrogens (primary N) is 1. The van der Waals surface area contributed by atoms with Gasteiger partial charge in [-0.15, -0.1) is 10.2 Å². The van der Waals surface area contributed by atoms with E-state index in [9.17, 15) is 0 Å². The van der Waals surface area contributed by atoms with Crippen LogP contribution < -0.4 is 5.73 Å². The molecule has 1 heterocycles. The van der Waals surface area contributed by atoms with E-state index in [-0.39, 0.29) is 17.6 Å². The predicted molar refractivity (Wildman–Crippen MR) is 55.5 cm³/mol. The predicted octanol–water partition coefficient (Wildman–Crippen LogP) is 0.0487. The van der Waals surface area contributed by atoms with Crippen molar-refractivity contribution in [1.82, 2.24) is 15.2 Å². The molecule has 0 aliphatic heterocycles. The second-order valence-corrected chi connectivity index (χ2v) is 3.20. The van der Waals surface area contributed by atoms with E-state index in [1.54, 1.807) is 0 Å².